The van der Waals surface area contributed by atoms with Crippen LogP contribution in [0.25, 0.3) is 10.9 Å². The predicted molar refractivity (Wildman–Crippen MR) is 128 cm³/mol. The fourth-order valence-corrected chi connectivity index (χ4v) is 4.97. The molecule has 0 aliphatic heterocycles. The van der Waals surface area contributed by atoms with Gasteiger partial charge in [0.2, 0.25) is 21.2 Å². The molecule has 0 fully saturated rings. The third-order valence-corrected chi connectivity index (χ3v) is 7.10. The van der Waals surface area contributed by atoms with Crippen LogP contribution >= 0.6 is 0 Å². The Bertz CT molecular complexity index is 1580. The summed E-state index contributed by atoms with van der Waals surface area (Å²) in [5.41, 5.74) is -0.178. The van der Waals surface area contributed by atoms with Crippen molar-refractivity contribution in [3.8, 4) is 11.5 Å². The summed E-state index contributed by atoms with van der Waals surface area (Å²) in [6, 6.07) is 15.6. The number of rotatable bonds is 7. The van der Waals surface area contributed by atoms with Gasteiger partial charge in [0.1, 0.15) is 28.8 Å². The van der Waals surface area contributed by atoms with Gasteiger partial charge in [0.05, 0.1) is 24.6 Å². The molecule has 0 saturated carbocycles. The Labute approximate surface area is 200 Å². The van der Waals surface area contributed by atoms with Crippen molar-refractivity contribution < 1.29 is 27.1 Å². The lowest BCUT2D eigenvalue weighted by atomic mass is 10.2. The molecule has 0 unspecified atom stereocenters. The minimum atomic E-state index is -4.28. The van der Waals surface area contributed by atoms with Crippen LogP contribution in [0.2, 0.25) is 0 Å². The first-order chi connectivity index (χ1) is 16.7. The van der Waals surface area contributed by atoms with Crippen molar-refractivity contribution in [2.24, 2.45) is 0 Å². The van der Waals surface area contributed by atoms with Crippen LogP contribution < -0.4 is 20.2 Å². The molecule has 4 aromatic rings. The minimum absolute atomic E-state index is 0.140. The molecule has 1 heterocycles. The number of aromatic nitrogens is 1. The van der Waals surface area contributed by atoms with E-state index in [0.29, 0.717) is 17.2 Å². The van der Waals surface area contributed by atoms with Crippen molar-refractivity contribution in [3.05, 3.63) is 89.0 Å². The number of hydrogen-bond acceptors (Lipinski definition) is 6. The average molecular weight is 497 g/mol. The maximum Gasteiger partial charge on any atom is 0.244 e. The Morgan fingerprint density at radius 1 is 0.971 bits per heavy atom. The normalized spacial score (nSPS) is 11.3. The van der Waals surface area contributed by atoms with Gasteiger partial charge in [-0.15, -0.1) is 0 Å². The highest BCUT2D eigenvalue weighted by Crippen LogP contribution is 2.24. The number of anilines is 1. The summed E-state index contributed by atoms with van der Waals surface area (Å²) in [5.74, 6) is -0.211. The maximum absolute atomic E-state index is 14.0. The first-order valence-electron chi connectivity index (χ1n) is 10.4. The van der Waals surface area contributed by atoms with Gasteiger partial charge in [-0.1, -0.05) is 6.07 Å². The van der Waals surface area contributed by atoms with E-state index in [4.69, 9.17) is 9.47 Å². The number of sulfone groups is 1. The lowest BCUT2D eigenvalue weighted by Crippen LogP contribution is -2.24. The summed E-state index contributed by atoms with van der Waals surface area (Å²) in [4.78, 5) is 25.2. The number of carbonyl (C=O) groups excluding carboxylic acids is 1. The predicted octanol–water partition coefficient (Wildman–Crippen LogP) is 3.63. The summed E-state index contributed by atoms with van der Waals surface area (Å²) in [5, 5.41) is 2.54. The van der Waals surface area contributed by atoms with Crippen molar-refractivity contribution in [2.45, 2.75) is 16.3 Å². The number of fused-ring (bicyclic) bond motifs is 1. The highest BCUT2D eigenvalue weighted by atomic mass is 32.2. The van der Waals surface area contributed by atoms with E-state index in [1.165, 1.54) is 49.1 Å². The van der Waals surface area contributed by atoms with Gasteiger partial charge in [-0.2, -0.15) is 0 Å². The third-order valence-electron chi connectivity index (χ3n) is 5.34. The summed E-state index contributed by atoms with van der Waals surface area (Å²) in [6.07, 6.45) is 1.10. The van der Waals surface area contributed by atoms with Crippen molar-refractivity contribution in [2.75, 3.05) is 19.5 Å². The maximum atomic E-state index is 14.0. The van der Waals surface area contributed by atoms with Gasteiger partial charge in [-0.25, -0.2) is 12.8 Å². The van der Waals surface area contributed by atoms with E-state index in [1.807, 2.05) is 0 Å². The molecule has 0 spiro atoms. The first-order valence-corrected chi connectivity index (χ1v) is 11.9. The summed E-state index contributed by atoms with van der Waals surface area (Å²) >= 11 is 0. The SMILES string of the molecule is COc1ccc(S(=O)(=O)c2cn(CC(=O)Nc3cccc(OC)c3)c3ccc(F)cc3c2=O)cc1. The Morgan fingerprint density at radius 2 is 1.69 bits per heavy atom. The number of pyridine rings is 1. The molecule has 1 N–H and O–H groups in total. The Kier molecular flexibility index (Phi) is 6.57. The second-order valence-corrected chi connectivity index (χ2v) is 9.49. The topological polar surface area (TPSA) is 104 Å². The highest BCUT2D eigenvalue weighted by Gasteiger charge is 2.24. The molecule has 0 saturated heterocycles. The molecule has 0 radical (unpaired) electrons. The number of benzene rings is 3. The highest BCUT2D eigenvalue weighted by molar-refractivity contribution is 7.91. The second-order valence-electron chi connectivity index (χ2n) is 7.57. The molecule has 10 heteroatoms. The number of halogens is 1. The molecule has 1 amide bonds. The van der Waals surface area contributed by atoms with E-state index >= 15 is 0 Å². The van der Waals surface area contributed by atoms with Crippen LogP contribution in [-0.2, 0) is 21.2 Å². The quantitative estimate of drug-likeness (QED) is 0.419. The fraction of sp³-hybridized carbons (Fsp3) is 0.120. The van der Waals surface area contributed by atoms with E-state index in [9.17, 15) is 22.4 Å². The smallest absolute Gasteiger partial charge is 0.244 e. The van der Waals surface area contributed by atoms with E-state index in [-0.39, 0.29) is 22.3 Å². The van der Waals surface area contributed by atoms with Crippen LogP contribution in [0, 0.1) is 5.82 Å². The molecule has 4 rings (SSSR count). The van der Waals surface area contributed by atoms with Gasteiger partial charge in [0.15, 0.2) is 0 Å². The van der Waals surface area contributed by atoms with Gasteiger partial charge in [-0.3, -0.25) is 9.59 Å². The molecule has 0 bridgehead atoms. The van der Waals surface area contributed by atoms with Crippen LogP contribution in [0.4, 0.5) is 10.1 Å². The lowest BCUT2D eigenvalue weighted by Gasteiger charge is -2.14. The van der Waals surface area contributed by atoms with Crippen LogP contribution in [0.15, 0.2) is 87.5 Å². The summed E-state index contributed by atoms with van der Waals surface area (Å²) < 4.78 is 52.1. The van der Waals surface area contributed by atoms with Crippen LogP contribution in [0.1, 0.15) is 0 Å². The van der Waals surface area contributed by atoms with Crippen molar-refractivity contribution >= 4 is 32.3 Å². The van der Waals surface area contributed by atoms with Gasteiger partial charge < -0.3 is 19.4 Å². The standard InChI is InChI=1S/C25H21FN2O6S/c1-33-18-7-9-20(10-8-18)35(31,32)23-14-28(22-11-6-16(26)12-21(22)25(23)30)15-24(29)27-17-4-3-5-19(13-17)34-2/h3-14H,15H2,1-2H3,(H,27,29). The number of hydrogen-bond donors (Lipinski definition) is 1. The van der Waals surface area contributed by atoms with Crippen molar-refractivity contribution in [3.63, 3.8) is 0 Å². The van der Waals surface area contributed by atoms with Crippen molar-refractivity contribution in [1.82, 2.24) is 4.57 Å². The molecular weight excluding hydrogens is 475 g/mol. The lowest BCUT2D eigenvalue weighted by molar-refractivity contribution is -0.116. The van der Waals surface area contributed by atoms with Gasteiger partial charge >= 0.3 is 0 Å². The summed E-state index contributed by atoms with van der Waals surface area (Å²) in [7, 11) is -1.35. The zero-order valence-electron chi connectivity index (χ0n) is 18.8. The number of carbonyl (C=O) groups is 1. The number of nitrogens with zero attached hydrogens (tertiary/aromatic N) is 1. The number of methoxy groups -OCH3 is 2. The monoisotopic (exact) mass is 496 g/mol. The first kappa shape index (κ1) is 24.0. The minimum Gasteiger partial charge on any atom is -0.497 e. The van der Waals surface area contributed by atoms with E-state index < -0.39 is 31.9 Å². The molecule has 0 aliphatic carbocycles. The number of nitrogens with one attached hydrogen (secondary N) is 1. The zero-order chi connectivity index (χ0) is 25.2. The van der Waals surface area contributed by atoms with Crippen molar-refractivity contribution in [1.29, 1.82) is 0 Å². The van der Waals surface area contributed by atoms with E-state index in [1.54, 1.807) is 24.3 Å². The van der Waals surface area contributed by atoms with Gasteiger partial charge in [0, 0.05) is 23.3 Å². The molecule has 3 aromatic carbocycles. The summed E-state index contributed by atoms with van der Waals surface area (Å²) in [6.45, 7) is -0.329. The molecule has 180 valence electrons. The van der Waals surface area contributed by atoms with Crippen LogP contribution in [0.5, 0.6) is 11.5 Å². The largest absolute Gasteiger partial charge is 0.497 e. The molecule has 0 aliphatic rings. The van der Waals surface area contributed by atoms with E-state index in [0.717, 1.165) is 18.3 Å². The molecular formula is C25H21FN2O6S. The third kappa shape index (κ3) is 4.87. The van der Waals surface area contributed by atoms with Gasteiger partial charge in [-0.05, 0) is 54.6 Å². The van der Waals surface area contributed by atoms with Gasteiger partial charge in [0.25, 0.3) is 0 Å². The van der Waals surface area contributed by atoms with Crippen LogP contribution in [0.3, 0.4) is 0 Å². The number of ether oxygens (including phenoxy) is 2. The fourth-order valence-electron chi connectivity index (χ4n) is 3.60. The molecule has 1 aromatic heterocycles. The number of amides is 1. The Balaban J connectivity index is 1.79. The average Bonchev–Trinajstić information content (AvgIpc) is 2.85. The van der Waals surface area contributed by atoms with E-state index in [2.05, 4.69) is 5.32 Å². The molecule has 0 atom stereocenters. The Morgan fingerprint density at radius 3 is 2.37 bits per heavy atom. The van der Waals surface area contributed by atoms with Crippen LogP contribution in [-0.4, -0.2) is 33.1 Å². The zero-order valence-corrected chi connectivity index (χ0v) is 19.6. The molecule has 8 nitrogen and oxygen atoms in total. The molecule has 35 heavy (non-hydrogen) atoms. The Hall–Kier alpha value is -4.18. The second kappa shape index (κ2) is 9.59.